The molecule has 0 amide bonds. The van der Waals surface area contributed by atoms with Gasteiger partial charge in [-0.2, -0.15) is 0 Å². The van der Waals surface area contributed by atoms with Gasteiger partial charge >= 0.3 is 7.44 Å². The smallest absolute Gasteiger partial charge is 0.269 e. The van der Waals surface area contributed by atoms with E-state index in [1.165, 1.54) is 0 Å². The zero-order valence-corrected chi connectivity index (χ0v) is 23.9. The maximum atomic E-state index is 16.3. The molecule has 0 radical (unpaired) electrons. The standard InChI is InChI=1S/C38H29N2OP/c41-42(36-28-26-31(27-29-36)30-16-6-1-7-17-30)39(34-22-12-4-13-23-34)37(32-18-8-2-9-19-32)38(33-20-10-3-11-21-33)40(42)35-24-14-5-15-25-35/h1-29H. The molecule has 3 nitrogen and oxygen atoms in total. The molecule has 6 aromatic rings. The van der Waals surface area contributed by atoms with Crippen molar-refractivity contribution in [3.05, 3.63) is 187 Å². The highest BCUT2D eigenvalue weighted by Crippen LogP contribution is 2.68. The fraction of sp³-hybridized carbons (Fsp3) is 0. The van der Waals surface area contributed by atoms with E-state index in [2.05, 4.69) is 57.9 Å². The minimum atomic E-state index is -3.55. The number of hydrogen-bond acceptors (Lipinski definition) is 1. The van der Waals surface area contributed by atoms with E-state index in [1.807, 2.05) is 127 Å². The van der Waals surface area contributed by atoms with Gasteiger partial charge in [0.2, 0.25) is 0 Å². The van der Waals surface area contributed by atoms with Gasteiger partial charge < -0.3 is 0 Å². The van der Waals surface area contributed by atoms with E-state index in [0.717, 1.165) is 50.3 Å². The molecule has 0 N–H and O–H groups in total. The summed E-state index contributed by atoms with van der Waals surface area (Å²) in [5.74, 6) is 0. The van der Waals surface area contributed by atoms with Crippen molar-refractivity contribution in [1.29, 1.82) is 0 Å². The maximum absolute atomic E-state index is 16.3. The maximum Gasteiger partial charge on any atom is 0.301 e. The summed E-state index contributed by atoms with van der Waals surface area (Å²) < 4.78 is 20.5. The lowest BCUT2D eigenvalue weighted by Gasteiger charge is -2.35. The normalized spacial score (nSPS) is 14.3. The average Bonchev–Trinajstić information content (AvgIpc) is 3.37. The molecule has 0 atom stereocenters. The van der Waals surface area contributed by atoms with Crippen LogP contribution in [0, 0.1) is 0 Å². The van der Waals surface area contributed by atoms with Crippen LogP contribution in [0.15, 0.2) is 176 Å². The molecule has 0 saturated carbocycles. The highest BCUT2D eigenvalue weighted by Gasteiger charge is 2.51. The summed E-state index contributed by atoms with van der Waals surface area (Å²) in [6.07, 6.45) is 0. The fourth-order valence-electron chi connectivity index (χ4n) is 5.69. The van der Waals surface area contributed by atoms with Crippen LogP contribution in [0.4, 0.5) is 11.4 Å². The summed E-state index contributed by atoms with van der Waals surface area (Å²) in [6.45, 7) is 0. The molecule has 1 heterocycles. The SMILES string of the molecule is O=P1(c2ccc(-c3ccccc3)cc2)N(c2ccccc2)C(c2ccccc2)=C(c2ccccc2)N1c1ccccc1. The zero-order valence-electron chi connectivity index (χ0n) is 23.0. The predicted octanol–water partition coefficient (Wildman–Crippen LogP) is 9.72. The molecule has 0 bridgehead atoms. The minimum absolute atomic E-state index is 0.759. The van der Waals surface area contributed by atoms with Gasteiger partial charge in [0, 0.05) is 22.5 Å². The molecule has 0 unspecified atom stereocenters. The third kappa shape index (κ3) is 4.45. The van der Waals surface area contributed by atoms with Crippen molar-refractivity contribution in [2.75, 3.05) is 9.34 Å². The van der Waals surface area contributed by atoms with Gasteiger partial charge in [0.05, 0.1) is 16.7 Å². The molecule has 0 spiro atoms. The van der Waals surface area contributed by atoms with E-state index in [9.17, 15) is 0 Å². The Balaban J connectivity index is 1.55. The van der Waals surface area contributed by atoms with Gasteiger partial charge in [0.15, 0.2) is 0 Å². The van der Waals surface area contributed by atoms with Crippen molar-refractivity contribution in [3.8, 4) is 11.1 Å². The quantitative estimate of drug-likeness (QED) is 0.190. The van der Waals surface area contributed by atoms with E-state index in [1.54, 1.807) is 0 Å². The van der Waals surface area contributed by atoms with Crippen LogP contribution in [0.1, 0.15) is 11.1 Å². The molecule has 7 rings (SSSR count). The van der Waals surface area contributed by atoms with E-state index in [0.29, 0.717) is 0 Å². The van der Waals surface area contributed by atoms with Crippen molar-refractivity contribution in [1.82, 2.24) is 0 Å². The molecule has 6 aromatic carbocycles. The number of nitrogens with zero attached hydrogens (tertiary/aromatic N) is 2. The first-order chi connectivity index (χ1) is 20.7. The highest BCUT2D eigenvalue weighted by molar-refractivity contribution is 7.76. The molecular formula is C38H29N2OP. The molecular weight excluding hydrogens is 531 g/mol. The summed E-state index contributed by atoms with van der Waals surface area (Å²) in [6, 6.07) is 59.4. The lowest BCUT2D eigenvalue weighted by molar-refractivity contribution is 0.582. The van der Waals surface area contributed by atoms with Crippen molar-refractivity contribution in [3.63, 3.8) is 0 Å². The number of hydrogen-bond donors (Lipinski definition) is 0. The Bertz CT molecular complexity index is 1780. The molecule has 4 heteroatoms. The van der Waals surface area contributed by atoms with Crippen LogP contribution in [-0.4, -0.2) is 0 Å². The molecule has 1 aliphatic heterocycles. The Hall–Kier alpha value is -5.11. The monoisotopic (exact) mass is 560 g/mol. The van der Waals surface area contributed by atoms with Crippen molar-refractivity contribution in [2.45, 2.75) is 0 Å². The van der Waals surface area contributed by atoms with Gasteiger partial charge in [-0.1, -0.05) is 140 Å². The molecule has 42 heavy (non-hydrogen) atoms. The summed E-state index contributed by atoms with van der Waals surface area (Å²) in [7, 11) is -3.55. The number of rotatable bonds is 6. The predicted molar refractivity (Wildman–Crippen MR) is 177 cm³/mol. The second-order valence-electron chi connectivity index (χ2n) is 10.2. The summed E-state index contributed by atoms with van der Waals surface area (Å²) in [5, 5.41) is 0.759. The first-order valence-corrected chi connectivity index (χ1v) is 15.7. The molecule has 0 aliphatic carbocycles. The largest absolute Gasteiger partial charge is 0.301 e. The van der Waals surface area contributed by atoms with Crippen LogP contribution in [0.5, 0.6) is 0 Å². The number of anilines is 2. The third-order valence-electron chi connectivity index (χ3n) is 7.60. The lowest BCUT2D eigenvalue weighted by Crippen LogP contribution is -2.29. The highest BCUT2D eigenvalue weighted by atomic mass is 31.2. The molecule has 1 aliphatic rings. The second kappa shape index (κ2) is 11.0. The summed E-state index contributed by atoms with van der Waals surface area (Å²) >= 11 is 0. The summed E-state index contributed by atoms with van der Waals surface area (Å²) in [5.41, 5.74) is 7.78. The van der Waals surface area contributed by atoms with Gasteiger partial charge in [-0.3, -0.25) is 13.9 Å². The second-order valence-corrected chi connectivity index (χ2v) is 12.6. The Morgan fingerprint density at radius 3 is 1.02 bits per heavy atom. The van der Waals surface area contributed by atoms with Crippen LogP contribution in [-0.2, 0) is 4.57 Å². The third-order valence-corrected chi connectivity index (χ3v) is 10.5. The van der Waals surface area contributed by atoms with Gasteiger partial charge in [0.1, 0.15) is 0 Å². The van der Waals surface area contributed by atoms with E-state index in [4.69, 9.17) is 0 Å². The molecule has 0 aromatic heterocycles. The van der Waals surface area contributed by atoms with Crippen molar-refractivity contribution in [2.24, 2.45) is 0 Å². The molecule has 0 fully saturated rings. The van der Waals surface area contributed by atoms with Crippen LogP contribution in [0.25, 0.3) is 22.5 Å². The minimum Gasteiger partial charge on any atom is -0.269 e. The average molecular weight is 561 g/mol. The van der Waals surface area contributed by atoms with Crippen molar-refractivity contribution < 1.29 is 4.57 Å². The van der Waals surface area contributed by atoms with E-state index < -0.39 is 7.44 Å². The zero-order chi connectivity index (χ0) is 28.4. The molecule has 0 saturated heterocycles. The first-order valence-electron chi connectivity index (χ1n) is 14.1. The van der Waals surface area contributed by atoms with E-state index >= 15 is 4.57 Å². The molecule has 202 valence electrons. The van der Waals surface area contributed by atoms with Crippen LogP contribution in [0.3, 0.4) is 0 Å². The van der Waals surface area contributed by atoms with Gasteiger partial charge in [-0.25, -0.2) is 0 Å². The fourth-order valence-corrected chi connectivity index (χ4v) is 8.72. The van der Waals surface area contributed by atoms with Gasteiger partial charge in [-0.15, -0.1) is 0 Å². The Morgan fingerprint density at radius 1 is 0.333 bits per heavy atom. The van der Waals surface area contributed by atoms with E-state index in [-0.39, 0.29) is 0 Å². The summed E-state index contributed by atoms with van der Waals surface area (Å²) in [4.78, 5) is 0. The van der Waals surface area contributed by atoms with Gasteiger partial charge in [0.25, 0.3) is 0 Å². The lowest BCUT2D eigenvalue weighted by atomic mass is 10.0. The van der Waals surface area contributed by atoms with Crippen LogP contribution >= 0.6 is 7.44 Å². The van der Waals surface area contributed by atoms with Gasteiger partial charge in [-0.05, 0) is 47.5 Å². The Kier molecular flexibility index (Phi) is 6.79. The Morgan fingerprint density at radius 2 is 0.643 bits per heavy atom. The first kappa shape index (κ1) is 25.8. The number of benzene rings is 6. The topological polar surface area (TPSA) is 23.6 Å². The number of para-hydroxylation sites is 2. The Labute approximate surface area is 247 Å². The van der Waals surface area contributed by atoms with Crippen LogP contribution < -0.4 is 14.6 Å². The van der Waals surface area contributed by atoms with Crippen molar-refractivity contribution >= 4 is 35.5 Å². The van der Waals surface area contributed by atoms with Crippen LogP contribution in [0.2, 0.25) is 0 Å².